The minimum atomic E-state index is 0.202. The molecule has 16 heavy (non-hydrogen) atoms. The van der Waals surface area contributed by atoms with Crippen LogP contribution in [0, 0.1) is 0 Å². The fourth-order valence-electron chi connectivity index (χ4n) is 1.91. The van der Waals surface area contributed by atoms with Crippen molar-refractivity contribution in [3.63, 3.8) is 0 Å². The molecular formula is C14H12OS. The zero-order valence-electron chi connectivity index (χ0n) is 8.74. The second kappa shape index (κ2) is 4.32. The summed E-state index contributed by atoms with van der Waals surface area (Å²) in [6.45, 7) is 0. The van der Waals surface area contributed by atoms with Crippen LogP contribution in [0.25, 0.3) is 0 Å². The lowest BCUT2D eigenvalue weighted by Gasteiger charge is -2.35. The Hall–Kier alpha value is -1.25. The van der Waals surface area contributed by atoms with Crippen LogP contribution < -0.4 is 0 Å². The quantitative estimate of drug-likeness (QED) is 0.714. The van der Waals surface area contributed by atoms with Crippen LogP contribution in [-0.4, -0.2) is 0 Å². The van der Waals surface area contributed by atoms with E-state index in [1.54, 1.807) is 12.0 Å². The van der Waals surface area contributed by atoms with Crippen molar-refractivity contribution in [2.45, 2.75) is 11.4 Å². The van der Waals surface area contributed by atoms with E-state index in [9.17, 15) is 0 Å². The fraction of sp³-hybridized carbons (Fsp3) is 0.143. The molecule has 3 rings (SSSR count). The van der Waals surface area contributed by atoms with E-state index in [1.807, 2.05) is 12.1 Å². The second-order valence-electron chi connectivity index (χ2n) is 3.86. The van der Waals surface area contributed by atoms with Crippen molar-refractivity contribution in [2.75, 3.05) is 0 Å². The smallest absolute Gasteiger partial charge is 0.115 e. The summed E-state index contributed by atoms with van der Waals surface area (Å²) in [5.41, 5.74) is 2.60. The van der Waals surface area contributed by atoms with Gasteiger partial charge in [0, 0.05) is 12.0 Å². The molecule has 0 saturated carbocycles. The number of benzene rings is 2. The van der Waals surface area contributed by atoms with E-state index in [2.05, 4.69) is 48.5 Å². The minimum absolute atomic E-state index is 0.202. The molecule has 1 aliphatic rings. The third-order valence-corrected chi connectivity index (χ3v) is 3.84. The highest BCUT2D eigenvalue weighted by molar-refractivity contribution is 7.96. The summed E-state index contributed by atoms with van der Waals surface area (Å²) in [5.74, 6) is 0. The maximum absolute atomic E-state index is 5.60. The van der Waals surface area contributed by atoms with E-state index >= 15 is 0 Å². The highest BCUT2D eigenvalue weighted by Crippen LogP contribution is 2.54. The van der Waals surface area contributed by atoms with Crippen LogP contribution in [0.5, 0.6) is 0 Å². The van der Waals surface area contributed by atoms with E-state index in [-0.39, 0.29) is 6.10 Å². The zero-order valence-corrected chi connectivity index (χ0v) is 9.56. The molecule has 0 bridgehead atoms. The van der Waals surface area contributed by atoms with Crippen LogP contribution in [0.1, 0.15) is 22.5 Å². The van der Waals surface area contributed by atoms with Gasteiger partial charge in [-0.05, 0) is 11.1 Å². The van der Waals surface area contributed by atoms with E-state index in [4.69, 9.17) is 4.18 Å². The highest BCUT2D eigenvalue weighted by atomic mass is 32.2. The van der Waals surface area contributed by atoms with E-state index in [0.29, 0.717) is 5.25 Å². The molecule has 0 unspecified atom stereocenters. The van der Waals surface area contributed by atoms with Gasteiger partial charge < -0.3 is 4.18 Å². The van der Waals surface area contributed by atoms with Crippen LogP contribution in [0.2, 0.25) is 0 Å². The van der Waals surface area contributed by atoms with Crippen molar-refractivity contribution >= 4 is 12.0 Å². The molecule has 0 aromatic heterocycles. The molecule has 1 heterocycles. The Morgan fingerprint density at radius 3 is 1.81 bits per heavy atom. The molecule has 2 atom stereocenters. The number of hydrogen-bond donors (Lipinski definition) is 0. The summed E-state index contributed by atoms with van der Waals surface area (Å²) >= 11 is 1.56. The van der Waals surface area contributed by atoms with Gasteiger partial charge in [0.15, 0.2) is 0 Å². The minimum Gasteiger partial charge on any atom is -0.305 e. The van der Waals surface area contributed by atoms with Crippen molar-refractivity contribution in [2.24, 2.45) is 0 Å². The van der Waals surface area contributed by atoms with Crippen molar-refractivity contribution in [3.05, 3.63) is 71.8 Å². The van der Waals surface area contributed by atoms with Crippen molar-refractivity contribution in [1.29, 1.82) is 0 Å². The van der Waals surface area contributed by atoms with Crippen LogP contribution in [0.3, 0.4) is 0 Å². The Labute approximate surface area is 99.7 Å². The van der Waals surface area contributed by atoms with Crippen molar-refractivity contribution < 1.29 is 4.18 Å². The first-order valence-corrected chi connectivity index (χ1v) is 6.17. The van der Waals surface area contributed by atoms with Crippen LogP contribution >= 0.6 is 12.0 Å². The number of hydrogen-bond acceptors (Lipinski definition) is 2. The SMILES string of the molecule is c1ccc([C@H]2OS[C@@H]2c2ccccc2)cc1. The summed E-state index contributed by atoms with van der Waals surface area (Å²) < 4.78 is 5.60. The van der Waals surface area contributed by atoms with Gasteiger partial charge in [-0.3, -0.25) is 0 Å². The molecule has 2 heteroatoms. The molecule has 1 aliphatic heterocycles. The van der Waals surface area contributed by atoms with Gasteiger partial charge in [0.25, 0.3) is 0 Å². The van der Waals surface area contributed by atoms with Crippen molar-refractivity contribution in [3.8, 4) is 0 Å². The maximum atomic E-state index is 5.60. The lowest BCUT2D eigenvalue weighted by Crippen LogP contribution is -2.18. The predicted octanol–water partition coefficient (Wildman–Crippen LogP) is 4.15. The third-order valence-electron chi connectivity index (χ3n) is 2.79. The Bertz CT molecular complexity index is 409. The number of rotatable bonds is 2. The van der Waals surface area contributed by atoms with Gasteiger partial charge in [0.05, 0.1) is 5.25 Å². The fourth-order valence-corrected chi connectivity index (χ4v) is 2.78. The monoisotopic (exact) mass is 228 g/mol. The summed E-state index contributed by atoms with van der Waals surface area (Å²) in [5, 5.41) is 0.434. The topological polar surface area (TPSA) is 9.23 Å². The lowest BCUT2D eigenvalue weighted by molar-refractivity contribution is 0.188. The molecule has 80 valence electrons. The molecule has 2 aromatic carbocycles. The molecule has 1 fully saturated rings. The summed E-state index contributed by atoms with van der Waals surface area (Å²) in [6, 6.07) is 20.9. The Morgan fingerprint density at radius 1 is 0.750 bits per heavy atom. The Morgan fingerprint density at radius 2 is 1.31 bits per heavy atom. The first-order chi connectivity index (χ1) is 7.95. The van der Waals surface area contributed by atoms with Gasteiger partial charge in [-0.15, -0.1) is 0 Å². The van der Waals surface area contributed by atoms with E-state index in [0.717, 1.165) is 0 Å². The molecule has 0 amide bonds. The average molecular weight is 228 g/mol. The van der Waals surface area contributed by atoms with Crippen LogP contribution in [-0.2, 0) is 4.18 Å². The zero-order chi connectivity index (χ0) is 10.8. The van der Waals surface area contributed by atoms with E-state index in [1.165, 1.54) is 11.1 Å². The van der Waals surface area contributed by atoms with Gasteiger partial charge in [-0.25, -0.2) is 0 Å². The molecule has 0 N–H and O–H groups in total. The molecule has 1 nitrogen and oxygen atoms in total. The highest BCUT2D eigenvalue weighted by Gasteiger charge is 2.36. The summed E-state index contributed by atoms with van der Waals surface area (Å²) in [4.78, 5) is 0. The second-order valence-corrected chi connectivity index (χ2v) is 4.75. The van der Waals surface area contributed by atoms with Crippen LogP contribution in [0.15, 0.2) is 60.7 Å². The first kappa shape index (κ1) is 9.94. The predicted molar refractivity (Wildman–Crippen MR) is 67.0 cm³/mol. The molecule has 1 saturated heterocycles. The first-order valence-electron chi connectivity index (χ1n) is 5.37. The normalized spacial score (nSPS) is 23.8. The van der Waals surface area contributed by atoms with Crippen molar-refractivity contribution in [1.82, 2.24) is 0 Å². The Kier molecular flexibility index (Phi) is 2.68. The Balaban J connectivity index is 1.85. The summed E-state index contributed by atoms with van der Waals surface area (Å²) in [6.07, 6.45) is 0.202. The molecule has 0 spiro atoms. The molecule has 2 aromatic rings. The molecule has 0 radical (unpaired) electrons. The van der Waals surface area contributed by atoms with E-state index < -0.39 is 0 Å². The standard InChI is InChI=1S/C14H12OS/c1-3-7-11(8-4-1)13-14(16-15-13)12-9-5-2-6-10-12/h1-10,13-14H/t13-,14-/m1/s1. The largest absolute Gasteiger partial charge is 0.305 e. The third kappa shape index (κ3) is 1.75. The van der Waals surface area contributed by atoms with Gasteiger partial charge in [-0.1, -0.05) is 60.7 Å². The maximum Gasteiger partial charge on any atom is 0.115 e. The molecular weight excluding hydrogens is 216 g/mol. The molecule has 0 aliphatic carbocycles. The average Bonchev–Trinajstić information content (AvgIpc) is 2.30. The van der Waals surface area contributed by atoms with Gasteiger partial charge in [0.1, 0.15) is 6.10 Å². The lowest BCUT2D eigenvalue weighted by atomic mass is 10.0. The summed E-state index contributed by atoms with van der Waals surface area (Å²) in [7, 11) is 0. The van der Waals surface area contributed by atoms with Crippen LogP contribution in [0.4, 0.5) is 0 Å². The van der Waals surface area contributed by atoms with Gasteiger partial charge in [0.2, 0.25) is 0 Å². The van der Waals surface area contributed by atoms with Gasteiger partial charge >= 0.3 is 0 Å². The van der Waals surface area contributed by atoms with Gasteiger partial charge in [-0.2, -0.15) is 0 Å².